The number of carbonyl (C=O) groups is 1. The van der Waals surface area contributed by atoms with E-state index < -0.39 is 0 Å². The van der Waals surface area contributed by atoms with Gasteiger partial charge in [0.15, 0.2) is 0 Å². The Balaban J connectivity index is 2.03. The van der Waals surface area contributed by atoms with Crippen LogP contribution in [0, 0.1) is 0 Å². The molecule has 0 aromatic heterocycles. The zero-order valence-corrected chi connectivity index (χ0v) is 11.2. The predicted octanol–water partition coefficient (Wildman–Crippen LogP) is 3.22. The van der Waals surface area contributed by atoms with Crippen molar-refractivity contribution in [1.82, 2.24) is 5.32 Å². The summed E-state index contributed by atoms with van der Waals surface area (Å²) in [6, 6.07) is 5.20. The molecule has 0 unspecified atom stereocenters. The molecule has 2 rings (SSSR count). The van der Waals surface area contributed by atoms with Crippen molar-refractivity contribution in [2.45, 2.75) is 38.1 Å². The first kappa shape index (κ1) is 12.4. The molecule has 0 saturated heterocycles. The van der Waals surface area contributed by atoms with Crippen LogP contribution in [-0.2, 0) is 0 Å². The van der Waals surface area contributed by atoms with E-state index in [-0.39, 0.29) is 17.7 Å². The third-order valence-corrected chi connectivity index (χ3v) is 3.64. The zero-order valence-electron chi connectivity index (χ0n) is 9.58. The molecule has 92 valence electrons. The Morgan fingerprint density at radius 1 is 1.29 bits per heavy atom. The first-order valence-electron chi connectivity index (χ1n) is 5.96. The highest BCUT2D eigenvalue weighted by molar-refractivity contribution is 9.10. The van der Waals surface area contributed by atoms with Crippen LogP contribution in [0.2, 0.25) is 0 Å². The third-order valence-electron chi connectivity index (χ3n) is 3.14. The summed E-state index contributed by atoms with van der Waals surface area (Å²) >= 11 is 3.25. The van der Waals surface area contributed by atoms with Crippen LogP contribution < -0.4 is 5.32 Å². The van der Waals surface area contributed by atoms with E-state index in [1.807, 2.05) is 0 Å². The van der Waals surface area contributed by atoms with Crippen LogP contribution in [0.15, 0.2) is 22.7 Å². The van der Waals surface area contributed by atoms with Gasteiger partial charge < -0.3 is 10.4 Å². The molecule has 1 aliphatic carbocycles. The predicted molar refractivity (Wildman–Crippen MR) is 70.1 cm³/mol. The second-order valence-electron chi connectivity index (χ2n) is 4.47. The van der Waals surface area contributed by atoms with Crippen LogP contribution >= 0.6 is 15.9 Å². The normalized spacial score (nSPS) is 16.8. The van der Waals surface area contributed by atoms with Gasteiger partial charge in [0.05, 0.1) is 5.56 Å². The lowest BCUT2D eigenvalue weighted by Gasteiger charge is -2.22. The SMILES string of the molecule is O=C(NC1CCCCC1)c1ccc(Br)cc1O. The largest absolute Gasteiger partial charge is 0.507 e. The van der Waals surface area contributed by atoms with Crippen LogP contribution in [0.5, 0.6) is 5.75 Å². The van der Waals surface area contributed by atoms with Gasteiger partial charge in [0.1, 0.15) is 5.75 Å². The number of nitrogens with one attached hydrogen (secondary N) is 1. The van der Waals surface area contributed by atoms with Crippen LogP contribution in [0.4, 0.5) is 0 Å². The minimum Gasteiger partial charge on any atom is -0.507 e. The Kier molecular flexibility index (Phi) is 4.05. The number of hydrogen-bond acceptors (Lipinski definition) is 2. The van der Waals surface area contributed by atoms with E-state index in [2.05, 4.69) is 21.2 Å². The summed E-state index contributed by atoms with van der Waals surface area (Å²) in [5.41, 5.74) is 0.346. The number of aromatic hydroxyl groups is 1. The standard InChI is InChI=1S/C13H16BrNO2/c14-9-6-7-11(12(16)8-9)13(17)15-10-4-2-1-3-5-10/h6-8,10,16H,1-5H2,(H,15,17). The fraction of sp³-hybridized carbons (Fsp3) is 0.462. The lowest BCUT2D eigenvalue weighted by molar-refractivity contribution is 0.0925. The Bertz CT molecular complexity index is 414. The van der Waals surface area contributed by atoms with Gasteiger partial charge in [0.2, 0.25) is 0 Å². The topological polar surface area (TPSA) is 49.3 Å². The molecule has 0 radical (unpaired) electrons. The molecule has 3 nitrogen and oxygen atoms in total. The molecule has 4 heteroatoms. The van der Waals surface area contributed by atoms with Gasteiger partial charge in [0, 0.05) is 10.5 Å². The molecule has 0 heterocycles. The number of phenols is 1. The molecule has 1 aliphatic rings. The van der Waals surface area contributed by atoms with Crippen molar-refractivity contribution in [3.05, 3.63) is 28.2 Å². The van der Waals surface area contributed by atoms with Crippen molar-refractivity contribution in [3.63, 3.8) is 0 Å². The lowest BCUT2D eigenvalue weighted by atomic mass is 9.95. The molecule has 1 amide bonds. The van der Waals surface area contributed by atoms with Gasteiger partial charge in [-0.3, -0.25) is 4.79 Å². The molecule has 0 bridgehead atoms. The van der Waals surface area contributed by atoms with Crippen molar-refractivity contribution in [2.75, 3.05) is 0 Å². The third kappa shape index (κ3) is 3.22. The first-order valence-corrected chi connectivity index (χ1v) is 6.75. The van der Waals surface area contributed by atoms with E-state index in [1.165, 1.54) is 25.3 Å². The number of rotatable bonds is 2. The number of carbonyl (C=O) groups excluding carboxylic acids is 1. The molecule has 2 N–H and O–H groups in total. The molecule has 0 aliphatic heterocycles. The lowest BCUT2D eigenvalue weighted by Crippen LogP contribution is -2.36. The molecule has 0 spiro atoms. The van der Waals surface area contributed by atoms with Crippen molar-refractivity contribution < 1.29 is 9.90 Å². The maximum absolute atomic E-state index is 12.0. The van der Waals surface area contributed by atoms with E-state index in [4.69, 9.17) is 0 Å². The fourth-order valence-electron chi connectivity index (χ4n) is 2.21. The summed E-state index contributed by atoms with van der Waals surface area (Å²) in [5, 5.41) is 12.7. The summed E-state index contributed by atoms with van der Waals surface area (Å²) < 4.78 is 0.768. The summed E-state index contributed by atoms with van der Waals surface area (Å²) in [6.07, 6.45) is 5.70. The molecular weight excluding hydrogens is 282 g/mol. The monoisotopic (exact) mass is 297 g/mol. The van der Waals surface area contributed by atoms with Gasteiger partial charge in [-0.25, -0.2) is 0 Å². The van der Waals surface area contributed by atoms with E-state index in [9.17, 15) is 9.90 Å². The van der Waals surface area contributed by atoms with E-state index in [1.54, 1.807) is 12.1 Å². The molecular formula is C13H16BrNO2. The first-order chi connectivity index (χ1) is 8.16. The van der Waals surface area contributed by atoms with Gasteiger partial charge >= 0.3 is 0 Å². The van der Waals surface area contributed by atoms with Gasteiger partial charge in [-0.2, -0.15) is 0 Å². The maximum Gasteiger partial charge on any atom is 0.255 e. The van der Waals surface area contributed by atoms with Gasteiger partial charge in [-0.1, -0.05) is 35.2 Å². The number of hydrogen-bond donors (Lipinski definition) is 2. The summed E-state index contributed by atoms with van der Waals surface area (Å²) in [7, 11) is 0. The molecule has 1 aromatic carbocycles. The Morgan fingerprint density at radius 2 is 2.00 bits per heavy atom. The average molecular weight is 298 g/mol. The summed E-state index contributed by atoms with van der Waals surface area (Å²) in [4.78, 5) is 12.0. The minimum absolute atomic E-state index is 0.0210. The Hall–Kier alpha value is -1.03. The van der Waals surface area contributed by atoms with E-state index in [0.717, 1.165) is 17.3 Å². The van der Waals surface area contributed by atoms with Gasteiger partial charge in [-0.15, -0.1) is 0 Å². The zero-order chi connectivity index (χ0) is 12.3. The molecule has 1 saturated carbocycles. The van der Waals surface area contributed by atoms with Crippen LogP contribution in [-0.4, -0.2) is 17.1 Å². The van der Waals surface area contributed by atoms with E-state index in [0.29, 0.717) is 5.56 Å². The Labute approximate surface area is 109 Å². The smallest absolute Gasteiger partial charge is 0.255 e. The van der Waals surface area contributed by atoms with Crippen molar-refractivity contribution >= 4 is 21.8 Å². The number of benzene rings is 1. The van der Waals surface area contributed by atoms with Crippen molar-refractivity contribution in [2.24, 2.45) is 0 Å². The van der Waals surface area contributed by atoms with Crippen LogP contribution in [0.25, 0.3) is 0 Å². The van der Waals surface area contributed by atoms with Crippen LogP contribution in [0.1, 0.15) is 42.5 Å². The number of phenolic OH excluding ortho intramolecular Hbond substituents is 1. The fourth-order valence-corrected chi connectivity index (χ4v) is 2.56. The molecule has 0 atom stereocenters. The highest BCUT2D eigenvalue weighted by Gasteiger charge is 2.18. The van der Waals surface area contributed by atoms with Gasteiger partial charge in [-0.05, 0) is 31.0 Å². The number of amides is 1. The van der Waals surface area contributed by atoms with E-state index >= 15 is 0 Å². The highest BCUT2D eigenvalue weighted by atomic mass is 79.9. The highest BCUT2D eigenvalue weighted by Crippen LogP contribution is 2.23. The number of halogens is 1. The molecule has 17 heavy (non-hydrogen) atoms. The second-order valence-corrected chi connectivity index (χ2v) is 5.39. The van der Waals surface area contributed by atoms with Gasteiger partial charge in [0.25, 0.3) is 5.91 Å². The van der Waals surface area contributed by atoms with Crippen molar-refractivity contribution in [1.29, 1.82) is 0 Å². The minimum atomic E-state index is -0.179. The Morgan fingerprint density at radius 3 is 2.65 bits per heavy atom. The average Bonchev–Trinajstić information content (AvgIpc) is 2.30. The molecule has 1 fully saturated rings. The summed E-state index contributed by atoms with van der Waals surface area (Å²) in [6.45, 7) is 0. The maximum atomic E-state index is 12.0. The van der Waals surface area contributed by atoms with Crippen molar-refractivity contribution in [3.8, 4) is 5.75 Å². The quantitative estimate of drug-likeness (QED) is 0.880. The molecule has 1 aromatic rings. The van der Waals surface area contributed by atoms with Crippen LogP contribution in [0.3, 0.4) is 0 Å². The second kappa shape index (κ2) is 5.54. The summed E-state index contributed by atoms with van der Waals surface area (Å²) in [5.74, 6) is -0.158.